The first-order valence-corrected chi connectivity index (χ1v) is 11.0. The molecular formula is C24H35NO5. The van der Waals surface area contributed by atoms with E-state index in [9.17, 15) is 19.8 Å². The molecule has 1 amide bonds. The third-order valence-corrected chi connectivity index (χ3v) is 6.91. The van der Waals surface area contributed by atoms with Gasteiger partial charge in [0.25, 0.3) is 5.91 Å². The van der Waals surface area contributed by atoms with Crippen molar-refractivity contribution in [1.82, 2.24) is 5.32 Å². The monoisotopic (exact) mass is 417 g/mol. The van der Waals surface area contributed by atoms with Crippen molar-refractivity contribution < 1.29 is 24.5 Å². The number of aliphatic hydroxyl groups excluding tert-OH is 2. The van der Waals surface area contributed by atoms with Crippen LogP contribution >= 0.6 is 0 Å². The van der Waals surface area contributed by atoms with E-state index in [2.05, 4.69) is 39.1 Å². The molecule has 6 heteroatoms. The molecule has 1 spiro atoms. The molecule has 0 radical (unpaired) electrons. The number of hydrogen-bond acceptors (Lipinski definition) is 5. The number of carbonyl (C=O) groups is 2. The number of amides is 1. The van der Waals surface area contributed by atoms with Crippen LogP contribution in [0.25, 0.3) is 0 Å². The average molecular weight is 418 g/mol. The number of aliphatic hydroxyl groups is 2. The Morgan fingerprint density at radius 1 is 1.23 bits per heavy atom. The zero-order valence-electron chi connectivity index (χ0n) is 18.6. The van der Waals surface area contributed by atoms with Gasteiger partial charge in [0.1, 0.15) is 0 Å². The summed E-state index contributed by atoms with van der Waals surface area (Å²) in [5.41, 5.74) is 0.858. The van der Waals surface area contributed by atoms with Gasteiger partial charge in [0.15, 0.2) is 0 Å². The number of hydrogen-bond donors (Lipinski definition) is 3. The van der Waals surface area contributed by atoms with E-state index in [0.29, 0.717) is 18.8 Å². The number of allylic oxidation sites excluding steroid dienone is 2. The minimum absolute atomic E-state index is 0.0785. The van der Waals surface area contributed by atoms with Crippen molar-refractivity contribution in [2.45, 2.75) is 77.7 Å². The summed E-state index contributed by atoms with van der Waals surface area (Å²) in [5, 5.41) is 23.4. The van der Waals surface area contributed by atoms with E-state index in [4.69, 9.17) is 4.74 Å². The fraction of sp³-hybridized carbons (Fsp3) is 0.667. The number of rotatable bonds is 2. The van der Waals surface area contributed by atoms with E-state index in [-0.39, 0.29) is 29.7 Å². The summed E-state index contributed by atoms with van der Waals surface area (Å²) < 4.78 is 5.99. The third kappa shape index (κ3) is 4.12. The summed E-state index contributed by atoms with van der Waals surface area (Å²) in [5.74, 6) is -1.02. The Bertz CT molecular complexity index is 782. The highest BCUT2D eigenvalue weighted by molar-refractivity contribution is 5.94. The van der Waals surface area contributed by atoms with Crippen molar-refractivity contribution >= 4 is 11.9 Å². The fourth-order valence-electron chi connectivity index (χ4n) is 5.27. The molecule has 3 N–H and O–H groups in total. The molecule has 7 atom stereocenters. The molecule has 2 aliphatic heterocycles. The summed E-state index contributed by atoms with van der Waals surface area (Å²) in [6.45, 7) is 10.4. The Balaban J connectivity index is 2.13. The molecule has 6 nitrogen and oxygen atoms in total. The third-order valence-electron chi connectivity index (χ3n) is 6.91. The first-order chi connectivity index (χ1) is 14.1. The molecule has 1 fully saturated rings. The van der Waals surface area contributed by atoms with E-state index >= 15 is 0 Å². The van der Waals surface area contributed by atoms with Crippen molar-refractivity contribution in [3.8, 4) is 0 Å². The SMILES string of the molecule is CC1=C[C@H]2C=C(C)[C@H](C)[C@H]3[C@H](CC(C)C)NC(=O)[C@@]23OC(=O)/C=C/[C@@H](O)[C@@H](O)CC1. The fourth-order valence-corrected chi connectivity index (χ4v) is 5.27. The highest BCUT2D eigenvalue weighted by Crippen LogP contribution is 2.50. The zero-order valence-corrected chi connectivity index (χ0v) is 18.6. The Hall–Kier alpha value is -1.92. The number of nitrogens with one attached hydrogen (secondary N) is 1. The van der Waals surface area contributed by atoms with Crippen LogP contribution in [0.5, 0.6) is 0 Å². The van der Waals surface area contributed by atoms with Gasteiger partial charge in [-0.05, 0) is 51.0 Å². The molecule has 0 unspecified atom stereocenters. The van der Waals surface area contributed by atoms with E-state index in [0.717, 1.165) is 18.1 Å². The first-order valence-electron chi connectivity index (χ1n) is 11.0. The Morgan fingerprint density at radius 2 is 1.93 bits per heavy atom. The predicted molar refractivity (Wildman–Crippen MR) is 114 cm³/mol. The van der Waals surface area contributed by atoms with Gasteiger partial charge in [-0.25, -0.2) is 4.79 Å². The lowest BCUT2D eigenvalue weighted by Gasteiger charge is -2.45. The van der Waals surface area contributed by atoms with Crippen LogP contribution in [0, 0.1) is 23.7 Å². The van der Waals surface area contributed by atoms with E-state index < -0.39 is 23.8 Å². The summed E-state index contributed by atoms with van der Waals surface area (Å²) in [6, 6.07) is -0.0792. The molecule has 0 saturated carbocycles. The minimum atomic E-state index is -1.32. The van der Waals surface area contributed by atoms with Gasteiger partial charge in [-0.15, -0.1) is 0 Å². The molecule has 1 saturated heterocycles. The van der Waals surface area contributed by atoms with Crippen LogP contribution in [0.3, 0.4) is 0 Å². The van der Waals surface area contributed by atoms with Crippen molar-refractivity contribution in [1.29, 1.82) is 0 Å². The molecule has 3 aliphatic rings. The molecule has 166 valence electrons. The largest absolute Gasteiger partial charge is 0.444 e. The molecule has 0 aromatic heterocycles. The van der Waals surface area contributed by atoms with Crippen molar-refractivity contribution in [2.24, 2.45) is 23.7 Å². The Labute approximate surface area is 179 Å². The van der Waals surface area contributed by atoms with E-state index in [1.165, 1.54) is 11.6 Å². The van der Waals surface area contributed by atoms with Gasteiger partial charge in [-0.2, -0.15) is 0 Å². The van der Waals surface area contributed by atoms with Crippen LogP contribution in [0.15, 0.2) is 35.5 Å². The van der Waals surface area contributed by atoms with Crippen molar-refractivity contribution in [3.05, 3.63) is 35.5 Å². The molecular weight excluding hydrogens is 382 g/mol. The molecule has 30 heavy (non-hydrogen) atoms. The molecule has 1 aliphatic carbocycles. The van der Waals surface area contributed by atoms with Gasteiger partial charge in [-0.3, -0.25) is 4.79 Å². The van der Waals surface area contributed by atoms with E-state index in [1.807, 2.05) is 13.0 Å². The van der Waals surface area contributed by atoms with Crippen LogP contribution in [0.4, 0.5) is 0 Å². The quantitative estimate of drug-likeness (QED) is 0.474. The number of esters is 1. The lowest BCUT2D eigenvalue weighted by Crippen LogP contribution is -2.56. The maximum absolute atomic E-state index is 13.4. The predicted octanol–water partition coefficient (Wildman–Crippen LogP) is 2.66. The lowest BCUT2D eigenvalue weighted by molar-refractivity contribution is -0.172. The summed E-state index contributed by atoms with van der Waals surface area (Å²) >= 11 is 0. The number of ether oxygens (including phenoxy) is 1. The molecule has 0 aromatic carbocycles. The normalized spacial score (nSPS) is 40.8. The van der Waals surface area contributed by atoms with Crippen LogP contribution < -0.4 is 5.32 Å². The van der Waals surface area contributed by atoms with Crippen LogP contribution in [0.1, 0.15) is 53.9 Å². The highest BCUT2D eigenvalue weighted by Gasteiger charge is 2.64. The number of carbonyl (C=O) groups excluding carboxylic acids is 2. The molecule has 3 rings (SSSR count). The maximum atomic E-state index is 13.4. The smallest absolute Gasteiger partial charge is 0.331 e. The van der Waals surface area contributed by atoms with Gasteiger partial charge in [-0.1, -0.05) is 44.1 Å². The minimum Gasteiger partial charge on any atom is -0.444 e. The zero-order chi connectivity index (χ0) is 22.2. The topological polar surface area (TPSA) is 95.9 Å². The van der Waals surface area contributed by atoms with Gasteiger partial charge in [0.05, 0.1) is 12.2 Å². The van der Waals surface area contributed by atoms with Gasteiger partial charge < -0.3 is 20.3 Å². The van der Waals surface area contributed by atoms with Crippen molar-refractivity contribution in [2.75, 3.05) is 0 Å². The van der Waals surface area contributed by atoms with Crippen LogP contribution in [-0.2, 0) is 14.3 Å². The van der Waals surface area contributed by atoms with Crippen molar-refractivity contribution in [3.63, 3.8) is 0 Å². The standard InChI is InChI=1S/C24H35NO5/c1-13(2)10-18-22-16(5)15(4)12-17-11-14(3)6-7-19(26)20(27)8-9-21(28)30-24(17,22)23(29)25-18/h8-9,11-13,16-20,22,26-27H,6-7,10H2,1-5H3,(H,25,29)/b9-8+,14-11?/t16-,17-,18-,19-,20+,22-,24+/m0/s1. The Morgan fingerprint density at radius 3 is 2.60 bits per heavy atom. The maximum Gasteiger partial charge on any atom is 0.331 e. The van der Waals surface area contributed by atoms with Gasteiger partial charge >= 0.3 is 5.97 Å². The van der Waals surface area contributed by atoms with Gasteiger partial charge in [0.2, 0.25) is 5.60 Å². The molecule has 0 bridgehead atoms. The average Bonchev–Trinajstić information content (AvgIpc) is 2.93. The first kappa shape index (κ1) is 22.8. The lowest BCUT2D eigenvalue weighted by atomic mass is 9.63. The molecule has 0 aromatic rings. The second-order valence-corrected chi connectivity index (χ2v) is 9.64. The van der Waals surface area contributed by atoms with Gasteiger partial charge in [0, 0.05) is 24.0 Å². The molecule has 2 heterocycles. The Kier molecular flexibility index (Phi) is 6.58. The van der Waals surface area contributed by atoms with Crippen LogP contribution in [-0.4, -0.2) is 45.9 Å². The second-order valence-electron chi connectivity index (χ2n) is 9.64. The summed E-state index contributed by atoms with van der Waals surface area (Å²) in [4.78, 5) is 26.2. The highest BCUT2D eigenvalue weighted by atomic mass is 16.6. The summed E-state index contributed by atoms with van der Waals surface area (Å²) in [7, 11) is 0. The second kappa shape index (κ2) is 8.67. The summed E-state index contributed by atoms with van der Waals surface area (Å²) in [6.07, 6.45) is 6.06. The van der Waals surface area contributed by atoms with Crippen LogP contribution in [0.2, 0.25) is 0 Å². The van der Waals surface area contributed by atoms with E-state index in [1.54, 1.807) is 0 Å².